The molecule has 0 spiro atoms. The zero-order valence-corrected chi connectivity index (χ0v) is 20.0. The minimum atomic E-state index is -3.75. The van der Waals surface area contributed by atoms with Crippen molar-refractivity contribution >= 4 is 33.3 Å². The first kappa shape index (κ1) is 25.8. The number of anilines is 1. The van der Waals surface area contributed by atoms with E-state index >= 15 is 0 Å². The van der Waals surface area contributed by atoms with Crippen LogP contribution in [-0.2, 0) is 31.9 Å². The third-order valence-electron chi connectivity index (χ3n) is 5.03. The Hall–Kier alpha value is -1.86. The Morgan fingerprint density at radius 1 is 0.909 bits per heavy atom. The fourth-order valence-electron chi connectivity index (χ4n) is 3.50. The number of H-pyrrole nitrogens is 1. The quantitative estimate of drug-likeness (QED) is 0.440. The summed E-state index contributed by atoms with van der Waals surface area (Å²) in [6.07, 6.45) is 18.6. The first-order valence-corrected chi connectivity index (χ1v) is 11.6. The fraction of sp³-hybridized carbons (Fsp3) is 0.0800. The summed E-state index contributed by atoms with van der Waals surface area (Å²) in [7, 11) is -3.75. The number of hydrogen-bond acceptors (Lipinski definition) is 3. The third-order valence-corrected chi connectivity index (χ3v) is 6.41. The van der Waals surface area contributed by atoms with Crippen molar-refractivity contribution in [1.29, 1.82) is 0 Å². The minimum absolute atomic E-state index is 0. The molecule has 1 aliphatic heterocycles. The molecule has 168 valence electrons. The van der Waals surface area contributed by atoms with Crippen LogP contribution in [0.1, 0.15) is 22.5 Å². The molecule has 6 nitrogen and oxygen atoms in total. The maximum Gasteiger partial charge on any atom is 2.00 e. The summed E-state index contributed by atoms with van der Waals surface area (Å²) in [5.41, 5.74) is 4.43. The predicted molar refractivity (Wildman–Crippen MR) is 125 cm³/mol. The van der Waals surface area contributed by atoms with E-state index in [4.69, 9.17) is 0 Å². The maximum atomic E-state index is 12.7. The van der Waals surface area contributed by atoms with Crippen molar-refractivity contribution in [3.05, 3.63) is 111 Å². The van der Waals surface area contributed by atoms with Gasteiger partial charge in [-0.05, 0) is 108 Å². The van der Waals surface area contributed by atoms with Crippen molar-refractivity contribution in [2.24, 2.45) is 0 Å². The molecule has 8 heteroatoms. The molecule has 33 heavy (non-hydrogen) atoms. The van der Waals surface area contributed by atoms with Crippen LogP contribution in [0, 0.1) is 77.7 Å². The van der Waals surface area contributed by atoms with E-state index in [9.17, 15) is 13.2 Å². The van der Waals surface area contributed by atoms with Crippen LogP contribution in [0.4, 0.5) is 5.69 Å². The number of carbonyl (C=O) groups excluding carboxylic acids is 1. The molecule has 2 fully saturated rings. The molecule has 2 aromatic rings. The van der Waals surface area contributed by atoms with Crippen molar-refractivity contribution in [2.45, 2.75) is 18.7 Å². The van der Waals surface area contributed by atoms with E-state index < -0.39 is 10.0 Å². The molecule has 0 bridgehead atoms. The van der Waals surface area contributed by atoms with E-state index in [1.165, 1.54) is 12.1 Å². The predicted octanol–water partition coefficient (Wildman–Crippen LogP) is 3.78. The second-order valence-electron chi connectivity index (χ2n) is 7.51. The fourth-order valence-corrected chi connectivity index (χ4v) is 4.58. The van der Waals surface area contributed by atoms with E-state index in [2.05, 4.69) is 15.0 Å². The number of aryl methyl sites for hydroxylation is 2. The topological polar surface area (TPSA) is 91.1 Å². The van der Waals surface area contributed by atoms with Crippen molar-refractivity contribution < 1.29 is 30.3 Å². The van der Waals surface area contributed by atoms with E-state index in [0.29, 0.717) is 22.9 Å². The summed E-state index contributed by atoms with van der Waals surface area (Å²) in [6, 6.07) is 7.11. The number of amides is 1. The summed E-state index contributed by atoms with van der Waals surface area (Å²) in [6.45, 7) is 3.89. The zero-order chi connectivity index (χ0) is 22.7. The second kappa shape index (κ2) is 11.0. The Balaban J connectivity index is 0.000000453. The van der Waals surface area contributed by atoms with Gasteiger partial charge in [0.2, 0.25) is 10.0 Å². The Morgan fingerprint density at radius 3 is 2.12 bits per heavy atom. The van der Waals surface area contributed by atoms with E-state index in [0.717, 1.165) is 17.0 Å². The largest absolute Gasteiger partial charge is 2.00 e. The van der Waals surface area contributed by atoms with Crippen molar-refractivity contribution in [2.75, 3.05) is 5.32 Å². The number of aromatic nitrogens is 1. The van der Waals surface area contributed by atoms with Gasteiger partial charge in [0, 0.05) is 22.6 Å². The number of carbonyl (C=O) groups is 1. The molecule has 2 aliphatic carbocycles. The number of rotatable bonds is 4. The second-order valence-corrected chi connectivity index (χ2v) is 9.19. The normalized spacial score (nSPS) is 19.1. The summed E-state index contributed by atoms with van der Waals surface area (Å²) in [5.74, 6) is -0.254. The molecule has 3 aliphatic rings. The monoisotopic (exact) mass is 501 g/mol. The third kappa shape index (κ3) is 6.18. The number of nitrogens with one attached hydrogen (secondary N) is 3. The molecule has 1 amide bonds. The van der Waals surface area contributed by atoms with Gasteiger partial charge in [-0.15, -0.1) is 0 Å². The number of fused-ring (bicyclic) bond motifs is 1. The van der Waals surface area contributed by atoms with Gasteiger partial charge in [-0.2, -0.15) is 0 Å². The first-order chi connectivity index (χ1) is 15.3. The molecule has 5 rings (SSSR count). The molecular formula is C25H23FeN3O3S+2. The van der Waals surface area contributed by atoms with Crippen LogP contribution in [0.2, 0.25) is 0 Å². The summed E-state index contributed by atoms with van der Waals surface area (Å²) >= 11 is 0. The van der Waals surface area contributed by atoms with Gasteiger partial charge in [0.1, 0.15) is 0 Å². The standard InChI is InChI=1S/C20H18N3O3S.C5H5.Fe/c1-12-9-13(2)21-19(12)11-17-16-10-15(7-8-18(16)22-20(17)24)27(25,26)23-14-5-3-4-6-14;1-2-4-5-3-1;/h3-11,21,23H,1-2H3,(H,22,24);1-5H;/q;;+2/b17-11-;;. The first-order valence-electron chi connectivity index (χ1n) is 10.1. The Kier molecular flexibility index (Phi) is 8.62. The van der Waals surface area contributed by atoms with Crippen molar-refractivity contribution in [3.8, 4) is 0 Å². The Morgan fingerprint density at radius 2 is 1.55 bits per heavy atom. The average Bonchev–Trinajstić information content (AvgIpc) is 3.53. The molecule has 1 aromatic heterocycles. The molecule has 2 saturated carbocycles. The van der Waals surface area contributed by atoms with Gasteiger partial charge >= 0.3 is 17.1 Å². The number of sulfonamides is 1. The van der Waals surface area contributed by atoms with Gasteiger partial charge in [0.25, 0.3) is 5.91 Å². The van der Waals surface area contributed by atoms with E-state index in [1.807, 2.05) is 52.0 Å². The molecule has 10 radical (unpaired) electrons. The molecule has 0 saturated heterocycles. The molecule has 0 unspecified atom stereocenters. The smallest absolute Gasteiger partial charge is 0.359 e. The van der Waals surface area contributed by atoms with Crippen molar-refractivity contribution in [1.82, 2.24) is 9.71 Å². The average molecular weight is 501 g/mol. The van der Waals surface area contributed by atoms with Crippen LogP contribution in [0.15, 0.2) is 29.2 Å². The van der Waals surface area contributed by atoms with Gasteiger partial charge in [-0.1, -0.05) is 0 Å². The van der Waals surface area contributed by atoms with Crippen molar-refractivity contribution in [3.63, 3.8) is 0 Å². The molecular weight excluding hydrogens is 478 g/mol. The summed E-state index contributed by atoms with van der Waals surface area (Å²) in [5, 5.41) is 2.78. The maximum absolute atomic E-state index is 12.7. The number of aromatic amines is 1. The van der Waals surface area contributed by atoms with Gasteiger partial charge in [-0.25, -0.2) is 13.1 Å². The van der Waals surface area contributed by atoms with Crippen LogP contribution < -0.4 is 10.0 Å². The van der Waals surface area contributed by atoms with Crippen LogP contribution in [0.3, 0.4) is 0 Å². The SMILES string of the molecule is Cc1cc(C)c(/C=C2\C(=O)Nc3ccc(S(=O)(=O)N[C]4[CH][CH][CH][CH]4)cc32)[nH]1.[CH]1[CH][CH][CH][CH]1.[Fe+2]. The van der Waals surface area contributed by atoms with Crippen LogP contribution in [-0.4, -0.2) is 19.3 Å². The van der Waals surface area contributed by atoms with Gasteiger partial charge in [0.05, 0.1) is 16.5 Å². The van der Waals surface area contributed by atoms with Crippen LogP contribution in [0.5, 0.6) is 0 Å². The van der Waals surface area contributed by atoms with Crippen LogP contribution >= 0.6 is 0 Å². The summed E-state index contributed by atoms with van der Waals surface area (Å²) < 4.78 is 27.9. The van der Waals surface area contributed by atoms with Gasteiger partial charge in [-0.3, -0.25) is 4.79 Å². The van der Waals surface area contributed by atoms with E-state index in [1.54, 1.807) is 37.8 Å². The molecule has 1 aromatic carbocycles. The Labute approximate surface area is 207 Å². The molecule has 3 N–H and O–H groups in total. The van der Waals surface area contributed by atoms with Gasteiger partial charge in [0.15, 0.2) is 0 Å². The number of hydrogen-bond donors (Lipinski definition) is 3. The zero-order valence-electron chi connectivity index (χ0n) is 18.1. The molecule has 2 heterocycles. The van der Waals surface area contributed by atoms with Gasteiger partial charge < -0.3 is 10.3 Å². The molecule has 0 atom stereocenters. The van der Waals surface area contributed by atoms with E-state index in [-0.39, 0.29) is 27.9 Å². The summed E-state index contributed by atoms with van der Waals surface area (Å²) in [4.78, 5) is 15.7. The number of benzene rings is 1. The minimum Gasteiger partial charge on any atom is -0.359 e. The van der Waals surface area contributed by atoms with Crippen LogP contribution in [0.25, 0.3) is 11.6 Å². The Bertz CT molecular complexity index is 1120.